The number of nitrogens with one attached hydrogen (secondary N) is 2. The van der Waals surface area contributed by atoms with E-state index < -0.39 is 0 Å². The van der Waals surface area contributed by atoms with Crippen molar-refractivity contribution in [1.29, 1.82) is 0 Å². The minimum absolute atomic E-state index is 0.140. The van der Waals surface area contributed by atoms with Crippen LogP contribution in [0.5, 0.6) is 0 Å². The molecule has 0 saturated heterocycles. The predicted octanol–water partition coefficient (Wildman–Crippen LogP) is -0.404. The van der Waals surface area contributed by atoms with Gasteiger partial charge in [-0.05, 0) is 41.2 Å². The SMILES string of the molecule is CN(C)CCCNC(=O)CCNCCN(C)C. The summed E-state index contributed by atoms with van der Waals surface area (Å²) in [4.78, 5) is 15.6. The van der Waals surface area contributed by atoms with Crippen molar-refractivity contribution in [3.05, 3.63) is 0 Å². The van der Waals surface area contributed by atoms with E-state index in [4.69, 9.17) is 0 Å². The number of nitrogens with zero attached hydrogens (tertiary/aromatic N) is 2. The second-order valence-electron chi connectivity index (χ2n) is 4.81. The first-order valence-corrected chi connectivity index (χ1v) is 6.29. The Morgan fingerprint density at radius 2 is 1.59 bits per heavy atom. The number of rotatable bonds is 10. The number of carbonyl (C=O) groups excluding carboxylic acids is 1. The van der Waals surface area contributed by atoms with E-state index >= 15 is 0 Å². The Hall–Kier alpha value is -0.650. The van der Waals surface area contributed by atoms with Crippen LogP contribution in [0.2, 0.25) is 0 Å². The van der Waals surface area contributed by atoms with E-state index in [1.807, 2.05) is 28.2 Å². The molecule has 0 aromatic rings. The second kappa shape index (κ2) is 10.5. The molecule has 0 saturated carbocycles. The van der Waals surface area contributed by atoms with Crippen molar-refractivity contribution in [3.63, 3.8) is 0 Å². The second-order valence-corrected chi connectivity index (χ2v) is 4.81. The molecule has 5 heteroatoms. The average molecular weight is 244 g/mol. The molecule has 0 aliphatic heterocycles. The van der Waals surface area contributed by atoms with E-state index in [2.05, 4.69) is 20.4 Å². The molecule has 0 rings (SSSR count). The van der Waals surface area contributed by atoms with Gasteiger partial charge < -0.3 is 20.4 Å². The highest BCUT2D eigenvalue weighted by Crippen LogP contribution is 1.83. The maximum absolute atomic E-state index is 11.4. The van der Waals surface area contributed by atoms with E-state index in [9.17, 15) is 4.79 Å². The van der Waals surface area contributed by atoms with E-state index in [1.165, 1.54) is 0 Å². The first-order chi connectivity index (χ1) is 8.02. The maximum atomic E-state index is 11.4. The zero-order valence-electron chi connectivity index (χ0n) is 11.8. The van der Waals surface area contributed by atoms with Crippen LogP contribution in [0.3, 0.4) is 0 Å². The van der Waals surface area contributed by atoms with Gasteiger partial charge in [0.15, 0.2) is 0 Å². The summed E-state index contributed by atoms with van der Waals surface area (Å²) in [5.41, 5.74) is 0. The zero-order chi connectivity index (χ0) is 13.1. The minimum atomic E-state index is 0.140. The number of likely N-dealkylation sites (N-methyl/N-ethyl adjacent to an activating group) is 1. The highest BCUT2D eigenvalue weighted by molar-refractivity contribution is 5.75. The van der Waals surface area contributed by atoms with Gasteiger partial charge in [-0.1, -0.05) is 0 Å². The van der Waals surface area contributed by atoms with E-state index in [-0.39, 0.29) is 5.91 Å². The Morgan fingerprint density at radius 1 is 0.941 bits per heavy atom. The summed E-state index contributed by atoms with van der Waals surface area (Å²) >= 11 is 0. The van der Waals surface area contributed by atoms with Gasteiger partial charge in [0.1, 0.15) is 0 Å². The van der Waals surface area contributed by atoms with Crippen LogP contribution in [0.4, 0.5) is 0 Å². The van der Waals surface area contributed by atoms with Crippen molar-refractivity contribution >= 4 is 5.91 Å². The van der Waals surface area contributed by atoms with Crippen molar-refractivity contribution in [2.24, 2.45) is 0 Å². The van der Waals surface area contributed by atoms with Gasteiger partial charge in [-0.3, -0.25) is 4.79 Å². The van der Waals surface area contributed by atoms with Crippen LogP contribution < -0.4 is 10.6 Å². The van der Waals surface area contributed by atoms with E-state index in [0.29, 0.717) is 6.42 Å². The molecule has 0 heterocycles. The fraction of sp³-hybridized carbons (Fsp3) is 0.917. The molecule has 0 fully saturated rings. The number of amides is 1. The van der Waals surface area contributed by atoms with Crippen molar-refractivity contribution in [1.82, 2.24) is 20.4 Å². The lowest BCUT2D eigenvalue weighted by Crippen LogP contribution is -2.32. The molecule has 0 unspecified atom stereocenters. The minimum Gasteiger partial charge on any atom is -0.356 e. The van der Waals surface area contributed by atoms with Crippen LogP contribution in [-0.2, 0) is 4.79 Å². The Kier molecular flexibility index (Phi) is 10.1. The molecule has 102 valence electrons. The molecule has 1 amide bonds. The molecule has 0 aliphatic rings. The van der Waals surface area contributed by atoms with Gasteiger partial charge in [0.2, 0.25) is 5.91 Å². The molecule has 0 radical (unpaired) electrons. The summed E-state index contributed by atoms with van der Waals surface area (Å²) in [6.07, 6.45) is 1.57. The van der Waals surface area contributed by atoms with Crippen LogP contribution in [0.25, 0.3) is 0 Å². The van der Waals surface area contributed by atoms with Crippen molar-refractivity contribution in [2.45, 2.75) is 12.8 Å². The van der Waals surface area contributed by atoms with Gasteiger partial charge in [0.05, 0.1) is 0 Å². The zero-order valence-corrected chi connectivity index (χ0v) is 11.8. The fourth-order valence-corrected chi connectivity index (χ4v) is 1.34. The topological polar surface area (TPSA) is 47.6 Å². The summed E-state index contributed by atoms with van der Waals surface area (Å²) in [7, 11) is 8.16. The van der Waals surface area contributed by atoms with Gasteiger partial charge >= 0.3 is 0 Å². The fourth-order valence-electron chi connectivity index (χ4n) is 1.34. The molecule has 0 aliphatic carbocycles. The Morgan fingerprint density at radius 3 is 2.18 bits per heavy atom. The first-order valence-electron chi connectivity index (χ1n) is 6.29. The number of carbonyl (C=O) groups is 1. The standard InChI is InChI=1S/C12H28N4O/c1-15(2)10-5-7-14-12(17)6-8-13-9-11-16(3)4/h13H,5-11H2,1-4H3,(H,14,17). The molecule has 0 aromatic heterocycles. The highest BCUT2D eigenvalue weighted by Gasteiger charge is 2.00. The highest BCUT2D eigenvalue weighted by atomic mass is 16.1. The number of hydrogen-bond donors (Lipinski definition) is 2. The largest absolute Gasteiger partial charge is 0.356 e. The Balaban J connectivity index is 3.23. The summed E-state index contributed by atoms with van der Waals surface area (Å²) in [6, 6.07) is 0. The summed E-state index contributed by atoms with van der Waals surface area (Å²) < 4.78 is 0. The molecule has 17 heavy (non-hydrogen) atoms. The van der Waals surface area contributed by atoms with Gasteiger partial charge in [-0.25, -0.2) is 0 Å². The van der Waals surface area contributed by atoms with E-state index in [0.717, 1.165) is 39.1 Å². The van der Waals surface area contributed by atoms with Crippen LogP contribution in [0, 0.1) is 0 Å². The van der Waals surface area contributed by atoms with Crippen LogP contribution >= 0.6 is 0 Å². The van der Waals surface area contributed by atoms with Crippen molar-refractivity contribution in [2.75, 3.05) is 60.9 Å². The van der Waals surface area contributed by atoms with E-state index in [1.54, 1.807) is 0 Å². The predicted molar refractivity (Wildman–Crippen MR) is 72.2 cm³/mol. The Bertz CT molecular complexity index is 195. The third-order valence-corrected chi connectivity index (χ3v) is 2.37. The van der Waals surface area contributed by atoms with Crippen molar-refractivity contribution < 1.29 is 4.79 Å². The smallest absolute Gasteiger partial charge is 0.221 e. The lowest BCUT2D eigenvalue weighted by Gasteiger charge is -2.11. The summed E-state index contributed by atoms with van der Waals surface area (Å²) in [5.74, 6) is 0.140. The molecule has 2 N–H and O–H groups in total. The van der Waals surface area contributed by atoms with Gasteiger partial charge in [0.25, 0.3) is 0 Å². The number of hydrogen-bond acceptors (Lipinski definition) is 4. The van der Waals surface area contributed by atoms with Crippen molar-refractivity contribution in [3.8, 4) is 0 Å². The molecule has 0 aromatic carbocycles. The molecular weight excluding hydrogens is 216 g/mol. The maximum Gasteiger partial charge on any atom is 0.221 e. The quantitative estimate of drug-likeness (QED) is 0.513. The lowest BCUT2D eigenvalue weighted by atomic mass is 10.3. The lowest BCUT2D eigenvalue weighted by molar-refractivity contribution is -0.121. The third-order valence-electron chi connectivity index (χ3n) is 2.37. The monoisotopic (exact) mass is 244 g/mol. The van der Waals surface area contributed by atoms with Crippen LogP contribution in [0.15, 0.2) is 0 Å². The average Bonchev–Trinajstić information content (AvgIpc) is 2.23. The van der Waals surface area contributed by atoms with Gasteiger partial charge in [-0.2, -0.15) is 0 Å². The molecular formula is C12H28N4O. The van der Waals surface area contributed by atoms with Crippen LogP contribution in [0.1, 0.15) is 12.8 Å². The third kappa shape index (κ3) is 13.3. The van der Waals surface area contributed by atoms with Gasteiger partial charge in [-0.15, -0.1) is 0 Å². The molecule has 5 nitrogen and oxygen atoms in total. The van der Waals surface area contributed by atoms with Gasteiger partial charge in [0, 0.05) is 32.6 Å². The molecule has 0 spiro atoms. The normalized spacial score (nSPS) is 11.2. The summed E-state index contributed by atoms with van der Waals surface area (Å²) in [5, 5.41) is 6.17. The van der Waals surface area contributed by atoms with Crippen LogP contribution in [-0.4, -0.2) is 76.6 Å². The summed E-state index contributed by atoms with van der Waals surface area (Å²) in [6.45, 7) is 4.48. The first kappa shape index (κ1) is 16.4. The molecule has 0 atom stereocenters. The Labute approximate surface area is 106 Å². The molecule has 0 bridgehead atoms.